The van der Waals surface area contributed by atoms with E-state index in [4.69, 9.17) is 0 Å². The van der Waals surface area contributed by atoms with Crippen LogP contribution < -0.4 is 4.72 Å². The molecule has 158 valence electrons. The molecule has 0 spiro atoms. The van der Waals surface area contributed by atoms with Crippen molar-refractivity contribution >= 4 is 27.9 Å². The molecule has 8 heteroatoms. The molecule has 0 bridgehead atoms. The van der Waals surface area contributed by atoms with E-state index >= 15 is 0 Å². The first-order valence-corrected chi connectivity index (χ1v) is 12.4. The summed E-state index contributed by atoms with van der Waals surface area (Å²) in [5, 5.41) is 0. The fourth-order valence-electron chi connectivity index (χ4n) is 3.20. The van der Waals surface area contributed by atoms with Crippen LogP contribution in [0, 0.1) is 11.8 Å². The van der Waals surface area contributed by atoms with Gasteiger partial charge in [0.2, 0.25) is 0 Å². The predicted octanol–water partition coefficient (Wildman–Crippen LogP) is 2.90. The average Bonchev–Trinajstić information content (AvgIpc) is 3.32. The topological polar surface area (TPSA) is 71.4 Å². The summed E-state index contributed by atoms with van der Waals surface area (Å²) in [5.74, 6) is 6.30. The zero-order valence-electron chi connectivity index (χ0n) is 16.7. The number of nitrogens with zero attached hydrogens (tertiary/aromatic N) is 2. The maximum absolute atomic E-state index is 13.0. The SMILES string of the molecule is O=C(NSN1CCS(=O)(=O)CC1)c1cccc(C#Cc2ccccc2)c1-n1cccc1. The van der Waals surface area contributed by atoms with E-state index in [2.05, 4.69) is 16.6 Å². The molecular formula is C23H21N3O3S2. The standard InChI is InChI=1S/C23H21N3O3S2/c27-23(24-30-26-15-17-31(28,29)18-16-26)21-10-6-9-20(22(21)25-13-4-5-14-25)12-11-19-7-2-1-3-8-19/h1-10,13-14H,15-18H2,(H,24,27). The monoisotopic (exact) mass is 451 g/mol. The molecule has 6 nitrogen and oxygen atoms in total. The average molecular weight is 452 g/mol. The van der Waals surface area contributed by atoms with E-state index < -0.39 is 9.84 Å². The van der Waals surface area contributed by atoms with Crippen molar-refractivity contribution < 1.29 is 13.2 Å². The van der Waals surface area contributed by atoms with E-state index in [9.17, 15) is 13.2 Å². The molecule has 1 amide bonds. The minimum absolute atomic E-state index is 0.106. The van der Waals surface area contributed by atoms with Gasteiger partial charge in [0.25, 0.3) is 5.91 Å². The minimum Gasteiger partial charge on any atom is -0.322 e. The van der Waals surface area contributed by atoms with Crippen molar-refractivity contribution in [2.75, 3.05) is 24.6 Å². The number of sulfone groups is 1. The van der Waals surface area contributed by atoms with Gasteiger partial charge in [-0.2, -0.15) is 0 Å². The molecule has 0 radical (unpaired) electrons. The third-order valence-electron chi connectivity index (χ3n) is 4.83. The van der Waals surface area contributed by atoms with Gasteiger partial charge < -0.3 is 4.57 Å². The lowest BCUT2D eigenvalue weighted by atomic mass is 10.1. The Morgan fingerprint density at radius 3 is 2.32 bits per heavy atom. The molecule has 1 aromatic heterocycles. The molecule has 0 atom stereocenters. The Balaban J connectivity index is 1.59. The lowest BCUT2D eigenvalue weighted by molar-refractivity contribution is 0.0983. The fourth-order valence-corrected chi connectivity index (χ4v) is 5.32. The van der Waals surface area contributed by atoms with E-state index in [1.807, 2.05) is 75.9 Å². The highest BCUT2D eigenvalue weighted by Gasteiger charge is 2.23. The molecule has 3 aromatic rings. The van der Waals surface area contributed by atoms with Crippen LogP contribution in [0.5, 0.6) is 0 Å². The van der Waals surface area contributed by atoms with Crippen molar-refractivity contribution in [3.8, 4) is 17.5 Å². The number of para-hydroxylation sites is 1. The van der Waals surface area contributed by atoms with Gasteiger partial charge in [-0.15, -0.1) is 0 Å². The van der Waals surface area contributed by atoms with Crippen molar-refractivity contribution in [2.45, 2.75) is 0 Å². The van der Waals surface area contributed by atoms with Gasteiger partial charge in [0, 0.05) is 48.7 Å². The van der Waals surface area contributed by atoms with Crippen molar-refractivity contribution in [3.05, 3.63) is 89.7 Å². The first kappa shape index (κ1) is 21.2. The van der Waals surface area contributed by atoms with Crippen LogP contribution in [0.15, 0.2) is 73.1 Å². The lowest BCUT2D eigenvalue weighted by Gasteiger charge is -2.25. The van der Waals surface area contributed by atoms with Crippen LogP contribution in [0.4, 0.5) is 0 Å². The third kappa shape index (κ3) is 5.39. The van der Waals surface area contributed by atoms with Crippen LogP contribution >= 0.6 is 12.1 Å². The highest BCUT2D eigenvalue weighted by atomic mass is 32.2. The van der Waals surface area contributed by atoms with Crippen LogP contribution in [-0.2, 0) is 9.84 Å². The highest BCUT2D eigenvalue weighted by Crippen LogP contribution is 2.21. The molecule has 4 rings (SSSR count). The van der Waals surface area contributed by atoms with Crippen molar-refractivity contribution in [1.29, 1.82) is 0 Å². The van der Waals surface area contributed by atoms with Gasteiger partial charge in [0.05, 0.1) is 22.8 Å². The van der Waals surface area contributed by atoms with E-state index in [0.29, 0.717) is 24.3 Å². The van der Waals surface area contributed by atoms with E-state index in [1.165, 1.54) is 0 Å². The fraction of sp³-hybridized carbons (Fsp3) is 0.174. The first-order valence-electron chi connectivity index (χ1n) is 9.78. The second-order valence-corrected chi connectivity index (χ2v) is 10.2. The van der Waals surface area contributed by atoms with Gasteiger partial charge >= 0.3 is 0 Å². The summed E-state index contributed by atoms with van der Waals surface area (Å²) < 4.78 is 29.8. The number of aromatic nitrogens is 1. The van der Waals surface area contributed by atoms with Crippen LogP contribution in [0.1, 0.15) is 21.5 Å². The second kappa shape index (κ2) is 9.43. The molecule has 31 heavy (non-hydrogen) atoms. The molecular weight excluding hydrogens is 430 g/mol. The number of rotatable bonds is 4. The van der Waals surface area contributed by atoms with Crippen LogP contribution in [-0.4, -0.2) is 47.8 Å². The lowest BCUT2D eigenvalue weighted by Crippen LogP contribution is -2.38. The number of carbonyl (C=O) groups is 1. The largest absolute Gasteiger partial charge is 0.322 e. The van der Waals surface area contributed by atoms with Gasteiger partial charge in [-0.1, -0.05) is 36.1 Å². The molecule has 2 aromatic carbocycles. The summed E-state index contributed by atoms with van der Waals surface area (Å²) in [6.07, 6.45) is 3.75. The summed E-state index contributed by atoms with van der Waals surface area (Å²) in [6.45, 7) is 0.778. The molecule has 0 aliphatic carbocycles. The molecule has 1 aliphatic heterocycles. The summed E-state index contributed by atoms with van der Waals surface area (Å²) >= 11 is 1.15. The predicted molar refractivity (Wildman–Crippen MR) is 123 cm³/mol. The quantitative estimate of drug-likeness (QED) is 0.488. The smallest absolute Gasteiger partial charge is 0.264 e. The summed E-state index contributed by atoms with van der Waals surface area (Å²) in [6, 6.07) is 18.9. The molecule has 1 N–H and O–H groups in total. The highest BCUT2D eigenvalue weighted by molar-refractivity contribution is 7.96. The maximum atomic E-state index is 13.0. The zero-order chi connectivity index (χ0) is 21.7. The van der Waals surface area contributed by atoms with Crippen molar-refractivity contribution in [1.82, 2.24) is 13.6 Å². The Hall–Kier alpha value is -2.99. The van der Waals surface area contributed by atoms with Crippen molar-refractivity contribution in [2.24, 2.45) is 0 Å². The number of hydrogen-bond donors (Lipinski definition) is 1. The molecule has 1 aliphatic rings. The Morgan fingerprint density at radius 2 is 1.61 bits per heavy atom. The maximum Gasteiger partial charge on any atom is 0.264 e. The number of benzene rings is 2. The minimum atomic E-state index is -2.96. The Kier molecular flexibility index (Phi) is 6.47. The Morgan fingerprint density at radius 1 is 0.903 bits per heavy atom. The molecule has 0 unspecified atom stereocenters. The molecule has 1 fully saturated rings. The van der Waals surface area contributed by atoms with Gasteiger partial charge in [-0.25, -0.2) is 12.7 Å². The number of nitrogens with one attached hydrogen (secondary N) is 1. The normalized spacial score (nSPS) is 15.6. The van der Waals surface area contributed by atoms with E-state index in [0.717, 1.165) is 23.3 Å². The molecule has 2 heterocycles. The van der Waals surface area contributed by atoms with Crippen molar-refractivity contribution in [3.63, 3.8) is 0 Å². The summed E-state index contributed by atoms with van der Waals surface area (Å²) in [7, 11) is -2.96. The Labute approximate surface area is 186 Å². The number of hydrogen-bond acceptors (Lipinski definition) is 5. The zero-order valence-corrected chi connectivity index (χ0v) is 18.3. The van der Waals surface area contributed by atoms with Gasteiger partial charge in [0.15, 0.2) is 9.84 Å². The Bertz CT molecular complexity index is 1210. The van der Waals surface area contributed by atoms with E-state index in [1.54, 1.807) is 6.07 Å². The van der Waals surface area contributed by atoms with Crippen LogP contribution in [0.2, 0.25) is 0 Å². The number of amides is 1. The van der Waals surface area contributed by atoms with Gasteiger partial charge in [-0.3, -0.25) is 9.52 Å². The third-order valence-corrected chi connectivity index (χ3v) is 7.34. The molecule has 0 saturated carbocycles. The van der Waals surface area contributed by atoms with Gasteiger partial charge in [-0.05, 0) is 36.4 Å². The number of carbonyl (C=O) groups excluding carboxylic acids is 1. The second-order valence-electron chi connectivity index (χ2n) is 7.01. The first-order chi connectivity index (χ1) is 15.0. The van der Waals surface area contributed by atoms with Crippen LogP contribution in [0.3, 0.4) is 0 Å². The van der Waals surface area contributed by atoms with Gasteiger partial charge in [0.1, 0.15) is 0 Å². The van der Waals surface area contributed by atoms with Crippen LogP contribution in [0.25, 0.3) is 5.69 Å². The summed E-state index contributed by atoms with van der Waals surface area (Å²) in [4.78, 5) is 13.0. The summed E-state index contributed by atoms with van der Waals surface area (Å²) in [5.41, 5.74) is 2.83. The van der Waals surface area contributed by atoms with E-state index in [-0.39, 0.29) is 17.4 Å². The molecule has 1 saturated heterocycles.